The molecule has 17 heavy (non-hydrogen) atoms. The average Bonchev–Trinajstić information content (AvgIpc) is 2.35. The highest BCUT2D eigenvalue weighted by Gasteiger charge is 2.19. The summed E-state index contributed by atoms with van der Waals surface area (Å²) < 4.78 is 6.32. The molecule has 2 rings (SSSR count). The summed E-state index contributed by atoms with van der Waals surface area (Å²) >= 11 is 3.54. The second kappa shape index (κ2) is 5.74. The van der Waals surface area contributed by atoms with Gasteiger partial charge in [-0.1, -0.05) is 15.9 Å². The van der Waals surface area contributed by atoms with Crippen LogP contribution in [0.1, 0.15) is 18.4 Å². The van der Waals surface area contributed by atoms with Crippen LogP contribution in [0.3, 0.4) is 0 Å². The molecule has 1 aromatic carbocycles. The van der Waals surface area contributed by atoms with Gasteiger partial charge in [-0.25, -0.2) is 0 Å². The molecule has 0 unspecified atom stereocenters. The van der Waals surface area contributed by atoms with E-state index >= 15 is 0 Å². The van der Waals surface area contributed by atoms with Gasteiger partial charge in [0.1, 0.15) is 0 Å². The number of rotatable bonds is 3. The number of hydrogen-bond donors (Lipinski definition) is 2. The molecule has 94 valence electrons. The summed E-state index contributed by atoms with van der Waals surface area (Å²) in [6.45, 7) is 2.17. The number of methoxy groups -OCH3 is 1. The third kappa shape index (κ3) is 2.93. The van der Waals surface area contributed by atoms with Crippen molar-refractivity contribution in [1.29, 1.82) is 0 Å². The fraction of sp³-hybridized carbons (Fsp3) is 0.538. The molecule has 1 fully saturated rings. The summed E-state index contributed by atoms with van der Waals surface area (Å²) in [5.41, 5.74) is 1.08. The first-order chi connectivity index (χ1) is 8.22. The SMILES string of the molecule is COc1c(O)ccc(Br)c1CC1CCNCC1. The molecule has 3 nitrogen and oxygen atoms in total. The number of hydrogen-bond acceptors (Lipinski definition) is 3. The van der Waals surface area contributed by atoms with E-state index in [4.69, 9.17) is 4.74 Å². The molecule has 1 aliphatic heterocycles. The first-order valence-corrected chi connectivity index (χ1v) is 6.76. The van der Waals surface area contributed by atoms with E-state index in [0.29, 0.717) is 11.7 Å². The number of nitrogens with one attached hydrogen (secondary N) is 1. The highest BCUT2D eigenvalue weighted by Crippen LogP contribution is 2.37. The molecule has 1 aromatic rings. The zero-order valence-corrected chi connectivity index (χ0v) is 11.6. The van der Waals surface area contributed by atoms with Crippen molar-refractivity contribution in [3.63, 3.8) is 0 Å². The van der Waals surface area contributed by atoms with E-state index in [-0.39, 0.29) is 5.75 Å². The van der Waals surface area contributed by atoms with Gasteiger partial charge < -0.3 is 15.2 Å². The number of phenols is 1. The Kier molecular flexibility index (Phi) is 4.29. The largest absolute Gasteiger partial charge is 0.504 e. The van der Waals surface area contributed by atoms with E-state index in [9.17, 15) is 5.11 Å². The Hall–Kier alpha value is -0.740. The van der Waals surface area contributed by atoms with E-state index in [2.05, 4.69) is 21.2 Å². The van der Waals surface area contributed by atoms with E-state index in [1.165, 1.54) is 12.8 Å². The van der Waals surface area contributed by atoms with Gasteiger partial charge in [-0.15, -0.1) is 0 Å². The first kappa shape index (κ1) is 12.7. The molecule has 0 aliphatic carbocycles. The lowest BCUT2D eigenvalue weighted by Crippen LogP contribution is -2.28. The van der Waals surface area contributed by atoms with Crippen molar-refractivity contribution in [3.8, 4) is 11.5 Å². The zero-order valence-electron chi connectivity index (χ0n) is 10.0. The minimum Gasteiger partial charge on any atom is -0.504 e. The second-order valence-electron chi connectivity index (χ2n) is 4.48. The van der Waals surface area contributed by atoms with Gasteiger partial charge in [0.2, 0.25) is 0 Å². The van der Waals surface area contributed by atoms with Crippen molar-refractivity contribution in [1.82, 2.24) is 5.32 Å². The quantitative estimate of drug-likeness (QED) is 0.902. The van der Waals surface area contributed by atoms with E-state index in [1.807, 2.05) is 6.07 Å². The smallest absolute Gasteiger partial charge is 0.164 e. The molecular formula is C13H18BrNO2. The minimum absolute atomic E-state index is 0.222. The number of piperidine rings is 1. The molecular weight excluding hydrogens is 282 g/mol. The van der Waals surface area contributed by atoms with Crippen LogP contribution in [0.2, 0.25) is 0 Å². The molecule has 0 radical (unpaired) electrons. The van der Waals surface area contributed by atoms with Crippen LogP contribution in [-0.2, 0) is 6.42 Å². The Morgan fingerprint density at radius 3 is 2.76 bits per heavy atom. The van der Waals surface area contributed by atoms with Gasteiger partial charge >= 0.3 is 0 Å². The molecule has 1 heterocycles. The topological polar surface area (TPSA) is 41.5 Å². The summed E-state index contributed by atoms with van der Waals surface area (Å²) in [5, 5.41) is 13.1. The van der Waals surface area contributed by atoms with Gasteiger partial charge in [-0.3, -0.25) is 0 Å². The number of halogens is 1. The molecule has 0 aromatic heterocycles. The van der Waals surface area contributed by atoms with Crippen LogP contribution in [0, 0.1) is 5.92 Å². The Morgan fingerprint density at radius 1 is 1.41 bits per heavy atom. The van der Waals surface area contributed by atoms with Crippen molar-refractivity contribution < 1.29 is 9.84 Å². The maximum Gasteiger partial charge on any atom is 0.164 e. The normalized spacial score (nSPS) is 17.1. The van der Waals surface area contributed by atoms with E-state index in [0.717, 1.165) is 29.5 Å². The molecule has 2 N–H and O–H groups in total. The van der Waals surface area contributed by atoms with Crippen LogP contribution in [0.4, 0.5) is 0 Å². The lowest BCUT2D eigenvalue weighted by atomic mass is 9.90. The van der Waals surface area contributed by atoms with Crippen LogP contribution in [0.15, 0.2) is 16.6 Å². The van der Waals surface area contributed by atoms with Crippen LogP contribution in [-0.4, -0.2) is 25.3 Å². The number of benzene rings is 1. The number of ether oxygens (including phenoxy) is 1. The molecule has 1 aliphatic rings. The van der Waals surface area contributed by atoms with Crippen LogP contribution >= 0.6 is 15.9 Å². The molecule has 4 heteroatoms. The summed E-state index contributed by atoms with van der Waals surface area (Å²) in [5.74, 6) is 1.50. The Labute approximate surface area is 110 Å². The number of phenolic OH excluding ortho intramolecular Hbond substituents is 1. The summed E-state index contributed by atoms with van der Waals surface area (Å²) in [6.07, 6.45) is 3.33. The monoisotopic (exact) mass is 299 g/mol. The molecule has 0 atom stereocenters. The predicted octanol–water partition coefficient (Wildman–Crippen LogP) is 2.71. The minimum atomic E-state index is 0.222. The van der Waals surface area contributed by atoms with E-state index in [1.54, 1.807) is 13.2 Å². The van der Waals surface area contributed by atoms with Crippen LogP contribution in [0.25, 0.3) is 0 Å². The van der Waals surface area contributed by atoms with Gasteiger partial charge in [-0.05, 0) is 50.4 Å². The Bertz CT molecular complexity index is 389. The Balaban J connectivity index is 2.21. The fourth-order valence-corrected chi connectivity index (χ4v) is 2.86. The lowest BCUT2D eigenvalue weighted by molar-refractivity contribution is 0.347. The molecule has 0 spiro atoms. The second-order valence-corrected chi connectivity index (χ2v) is 5.33. The van der Waals surface area contributed by atoms with Crippen molar-refractivity contribution in [2.24, 2.45) is 5.92 Å². The third-order valence-corrected chi connectivity index (χ3v) is 4.08. The van der Waals surface area contributed by atoms with Gasteiger partial charge in [0.05, 0.1) is 7.11 Å². The van der Waals surface area contributed by atoms with Crippen molar-refractivity contribution in [2.45, 2.75) is 19.3 Å². The van der Waals surface area contributed by atoms with Crippen LogP contribution in [0.5, 0.6) is 11.5 Å². The summed E-state index contributed by atoms with van der Waals surface area (Å²) in [4.78, 5) is 0. The van der Waals surface area contributed by atoms with Crippen LogP contribution < -0.4 is 10.1 Å². The van der Waals surface area contributed by atoms with Gasteiger partial charge in [0.25, 0.3) is 0 Å². The fourth-order valence-electron chi connectivity index (χ4n) is 2.38. The third-order valence-electron chi connectivity index (χ3n) is 3.34. The summed E-state index contributed by atoms with van der Waals surface area (Å²) in [7, 11) is 1.60. The lowest BCUT2D eigenvalue weighted by Gasteiger charge is -2.24. The molecule has 0 bridgehead atoms. The van der Waals surface area contributed by atoms with E-state index < -0.39 is 0 Å². The van der Waals surface area contributed by atoms with Crippen molar-refractivity contribution in [3.05, 3.63) is 22.2 Å². The molecule has 1 saturated heterocycles. The molecule has 0 amide bonds. The highest BCUT2D eigenvalue weighted by molar-refractivity contribution is 9.10. The maximum atomic E-state index is 9.79. The molecule has 0 saturated carbocycles. The standard InChI is InChI=1S/C13H18BrNO2/c1-17-13-10(11(14)2-3-12(13)16)8-9-4-6-15-7-5-9/h2-3,9,15-16H,4-8H2,1H3. The average molecular weight is 300 g/mol. The van der Waals surface area contributed by atoms with Crippen molar-refractivity contribution >= 4 is 15.9 Å². The first-order valence-electron chi connectivity index (χ1n) is 5.97. The zero-order chi connectivity index (χ0) is 12.3. The van der Waals surface area contributed by atoms with Crippen molar-refractivity contribution in [2.75, 3.05) is 20.2 Å². The number of aromatic hydroxyl groups is 1. The highest BCUT2D eigenvalue weighted by atomic mass is 79.9. The summed E-state index contributed by atoms with van der Waals surface area (Å²) in [6, 6.07) is 3.54. The van der Waals surface area contributed by atoms with Gasteiger partial charge in [0, 0.05) is 10.0 Å². The predicted molar refractivity (Wildman–Crippen MR) is 71.7 cm³/mol. The van der Waals surface area contributed by atoms with Gasteiger partial charge in [0.15, 0.2) is 11.5 Å². The maximum absolute atomic E-state index is 9.79. The van der Waals surface area contributed by atoms with Gasteiger partial charge in [-0.2, -0.15) is 0 Å². The Morgan fingerprint density at radius 2 is 2.12 bits per heavy atom.